The summed E-state index contributed by atoms with van der Waals surface area (Å²) >= 11 is 0. The normalized spacial score (nSPS) is 16.7. The van der Waals surface area contributed by atoms with Crippen molar-refractivity contribution in [1.82, 2.24) is 0 Å². The van der Waals surface area contributed by atoms with E-state index in [9.17, 15) is 0 Å². The van der Waals surface area contributed by atoms with Crippen LogP contribution in [0.15, 0.2) is 121 Å². The van der Waals surface area contributed by atoms with Crippen molar-refractivity contribution in [1.29, 1.82) is 0 Å². The van der Waals surface area contributed by atoms with Gasteiger partial charge in [0.25, 0.3) is 0 Å². The van der Waals surface area contributed by atoms with Crippen molar-refractivity contribution in [2.24, 2.45) is 0 Å². The van der Waals surface area contributed by atoms with Gasteiger partial charge in [-0.3, -0.25) is 0 Å². The number of hydrogen-bond donors (Lipinski definition) is 0. The summed E-state index contributed by atoms with van der Waals surface area (Å²) in [4.78, 5) is 0. The Hall–Kier alpha value is -4.98. The maximum atomic E-state index is 2.69. The van der Waals surface area contributed by atoms with Crippen molar-refractivity contribution in [3.05, 3.63) is 149 Å². The number of fused-ring (bicyclic) bond motifs is 6. The van der Waals surface area contributed by atoms with E-state index in [1.54, 1.807) is 10.8 Å². The van der Waals surface area contributed by atoms with Crippen molar-refractivity contribution < 1.29 is 0 Å². The van der Waals surface area contributed by atoms with Crippen LogP contribution in [0.3, 0.4) is 0 Å². The van der Waals surface area contributed by atoms with Gasteiger partial charge in [-0.1, -0.05) is 188 Å². The van der Waals surface area contributed by atoms with Crippen LogP contribution in [0.2, 0.25) is 18.1 Å². The van der Waals surface area contributed by atoms with Gasteiger partial charge in [-0.05, 0) is 142 Å². The Balaban J connectivity index is 1.23. The molecule has 58 heavy (non-hydrogen) atoms. The predicted molar refractivity (Wildman–Crippen MR) is 254 cm³/mol. The van der Waals surface area contributed by atoms with Crippen LogP contribution in [0.25, 0.3) is 76.8 Å². The molecule has 0 unspecified atom stereocenters. The second-order valence-electron chi connectivity index (χ2n) is 19.2. The lowest BCUT2D eigenvalue weighted by molar-refractivity contribution is 0.660. The summed E-state index contributed by atoms with van der Waals surface area (Å²) in [6.07, 6.45) is 5.24. The summed E-state index contributed by atoms with van der Waals surface area (Å²) in [7, 11) is -1.83. The summed E-state index contributed by atoms with van der Waals surface area (Å²) in [6.45, 7) is 17.1. The molecule has 0 heterocycles. The second-order valence-corrected chi connectivity index (χ2v) is 24.5. The van der Waals surface area contributed by atoms with Crippen molar-refractivity contribution in [2.45, 2.75) is 109 Å². The van der Waals surface area contributed by atoms with Gasteiger partial charge in [0, 0.05) is 10.8 Å². The molecule has 0 aliphatic heterocycles. The van der Waals surface area contributed by atoms with Gasteiger partial charge in [-0.2, -0.15) is 0 Å². The molecule has 8 aromatic carbocycles. The maximum absolute atomic E-state index is 2.69. The van der Waals surface area contributed by atoms with Gasteiger partial charge >= 0.3 is 0 Å². The third kappa shape index (κ3) is 4.80. The van der Waals surface area contributed by atoms with Crippen molar-refractivity contribution in [2.75, 3.05) is 0 Å². The van der Waals surface area contributed by atoms with Gasteiger partial charge in [0.1, 0.15) is 0 Å². The molecule has 1 heteroatoms. The average Bonchev–Trinajstić information content (AvgIpc) is 3.94. The van der Waals surface area contributed by atoms with E-state index in [1.165, 1.54) is 143 Å². The maximum Gasteiger partial charge on any atom is 0.0867 e. The van der Waals surface area contributed by atoms with Gasteiger partial charge in [0.15, 0.2) is 0 Å². The smallest absolute Gasteiger partial charge is 0.0675 e. The lowest BCUT2D eigenvalue weighted by atomic mass is 9.79. The van der Waals surface area contributed by atoms with Gasteiger partial charge in [-0.25, -0.2) is 0 Å². The third-order valence-electron chi connectivity index (χ3n) is 16.1. The lowest BCUT2D eigenvalue weighted by Gasteiger charge is -2.32. The Morgan fingerprint density at radius 1 is 0.448 bits per heavy atom. The first kappa shape index (κ1) is 36.1. The van der Waals surface area contributed by atoms with Crippen molar-refractivity contribution in [3.8, 4) is 44.5 Å². The Kier molecular flexibility index (Phi) is 7.95. The van der Waals surface area contributed by atoms with Crippen LogP contribution in [0.5, 0.6) is 0 Å². The standard InChI is InChI=1S/C57H56Si/c1-8-58(9-2,10-3)53-34-48(37-24-26-41-39-20-14-16-22-50(39)57(6,7)52(41)32-37)44-28-27-42-46(35-17-11-12-18-35)33-47(43-29-30-45(53)55(44)54(42)43)36-23-25-40-38-19-13-15-21-49(38)56(4,5)51(40)31-36/h13-16,19-35H,8-12,17-18H2,1-7H3. The van der Waals surface area contributed by atoms with Crippen LogP contribution in [0, 0.1) is 0 Å². The van der Waals surface area contributed by atoms with E-state index in [0.29, 0.717) is 5.92 Å². The molecule has 0 saturated heterocycles. The molecule has 3 aliphatic carbocycles. The van der Waals surface area contributed by atoms with Crippen LogP contribution in [0.4, 0.5) is 0 Å². The molecule has 8 aromatic rings. The molecule has 3 aliphatic rings. The zero-order valence-corrected chi connectivity index (χ0v) is 36.6. The van der Waals surface area contributed by atoms with E-state index in [-0.39, 0.29) is 10.8 Å². The molecular formula is C57H56Si. The Labute approximate surface area is 346 Å². The highest BCUT2D eigenvalue weighted by molar-refractivity contribution is 6.93. The Bertz CT molecular complexity index is 2950. The average molecular weight is 769 g/mol. The first-order chi connectivity index (χ1) is 28.1. The first-order valence-electron chi connectivity index (χ1n) is 22.4. The van der Waals surface area contributed by atoms with Gasteiger partial charge < -0.3 is 0 Å². The molecule has 1 saturated carbocycles. The van der Waals surface area contributed by atoms with E-state index < -0.39 is 8.07 Å². The fourth-order valence-corrected chi connectivity index (χ4v) is 16.4. The third-order valence-corrected chi connectivity index (χ3v) is 21.7. The predicted octanol–water partition coefficient (Wildman–Crippen LogP) is 15.9. The molecule has 288 valence electrons. The summed E-state index contributed by atoms with van der Waals surface area (Å²) in [5.41, 5.74) is 18.4. The topological polar surface area (TPSA) is 0 Å². The highest BCUT2D eigenvalue weighted by atomic mass is 28.3. The summed E-state index contributed by atoms with van der Waals surface area (Å²) in [5, 5.41) is 10.5. The zero-order valence-electron chi connectivity index (χ0n) is 35.6. The minimum Gasteiger partial charge on any atom is -0.0675 e. The van der Waals surface area contributed by atoms with Crippen LogP contribution in [-0.2, 0) is 10.8 Å². The SMILES string of the molecule is CC[Si](CC)(CC)c1cc(-c2ccc3c(c2)C(C)(C)c2ccccc2-3)c2ccc3c(C4CCCC4)cc(-c4ccc5c(c4)C(C)(C)c4ccccc4-5)c4ccc1c2c43. The van der Waals surface area contributed by atoms with E-state index in [1.807, 2.05) is 0 Å². The highest BCUT2D eigenvalue weighted by Crippen LogP contribution is 2.53. The minimum atomic E-state index is -1.83. The summed E-state index contributed by atoms with van der Waals surface area (Å²) < 4.78 is 0. The highest BCUT2D eigenvalue weighted by Gasteiger charge is 2.38. The lowest BCUT2D eigenvalue weighted by Crippen LogP contribution is -2.46. The summed E-state index contributed by atoms with van der Waals surface area (Å²) in [5.74, 6) is 0.605. The van der Waals surface area contributed by atoms with Gasteiger partial charge in [-0.15, -0.1) is 0 Å². The fourth-order valence-electron chi connectivity index (χ4n) is 12.6. The van der Waals surface area contributed by atoms with E-state index in [0.717, 1.165) is 0 Å². The Morgan fingerprint density at radius 2 is 0.897 bits per heavy atom. The van der Waals surface area contributed by atoms with Gasteiger partial charge in [0.05, 0.1) is 8.07 Å². The second kappa shape index (κ2) is 12.8. The fraction of sp³-hybridized carbons (Fsp3) is 0.298. The van der Waals surface area contributed by atoms with E-state index in [4.69, 9.17) is 0 Å². The molecule has 0 radical (unpaired) electrons. The number of rotatable bonds is 7. The molecule has 11 rings (SSSR count). The van der Waals surface area contributed by atoms with Crippen LogP contribution in [-0.4, -0.2) is 8.07 Å². The Morgan fingerprint density at radius 3 is 1.43 bits per heavy atom. The molecule has 0 aromatic heterocycles. The molecule has 1 fully saturated rings. The van der Waals surface area contributed by atoms with Gasteiger partial charge in [0.2, 0.25) is 0 Å². The molecule has 0 amide bonds. The molecule has 0 atom stereocenters. The van der Waals surface area contributed by atoms with Crippen LogP contribution in [0.1, 0.15) is 108 Å². The minimum absolute atomic E-state index is 0.0377. The van der Waals surface area contributed by atoms with E-state index >= 15 is 0 Å². The zero-order chi connectivity index (χ0) is 39.7. The molecule has 0 spiro atoms. The van der Waals surface area contributed by atoms with Crippen molar-refractivity contribution in [3.63, 3.8) is 0 Å². The van der Waals surface area contributed by atoms with Crippen LogP contribution >= 0.6 is 0 Å². The van der Waals surface area contributed by atoms with E-state index in [2.05, 4.69) is 170 Å². The molecule has 0 bridgehead atoms. The first-order valence-corrected chi connectivity index (χ1v) is 25.0. The van der Waals surface area contributed by atoms with Crippen LogP contribution < -0.4 is 5.19 Å². The molecule has 0 nitrogen and oxygen atoms in total. The monoisotopic (exact) mass is 768 g/mol. The quantitative estimate of drug-likeness (QED) is 0.112. The molecule has 0 N–H and O–H groups in total. The molecular weight excluding hydrogens is 713 g/mol. The largest absolute Gasteiger partial charge is 0.0867 e. The summed E-state index contributed by atoms with van der Waals surface area (Å²) in [6, 6.07) is 52.3. The number of benzene rings is 8. The number of hydrogen-bond acceptors (Lipinski definition) is 0. The van der Waals surface area contributed by atoms with Crippen molar-refractivity contribution >= 4 is 45.6 Å².